The van der Waals surface area contributed by atoms with E-state index in [4.69, 9.17) is 14.2 Å². The topological polar surface area (TPSA) is 106 Å². The summed E-state index contributed by atoms with van der Waals surface area (Å²) in [4.78, 5) is 24.4. The highest BCUT2D eigenvalue weighted by Crippen LogP contribution is 2.77. The van der Waals surface area contributed by atoms with Gasteiger partial charge in [0.2, 0.25) is 0 Å². The number of hydrogen-bond acceptors (Lipinski definition) is 6. The van der Waals surface area contributed by atoms with E-state index in [0.29, 0.717) is 31.8 Å². The largest absolute Gasteiger partial charge is 0.481 e. The minimum Gasteiger partial charge on any atom is -0.481 e. The van der Waals surface area contributed by atoms with E-state index < -0.39 is 23.1 Å². The number of epoxide rings is 1. The Morgan fingerprint density at radius 1 is 1.27 bits per heavy atom. The molecule has 0 aromatic heterocycles. The first-order valence-corrected chi connectivity index (χ1v) is 12.6. The summed E-state index contributed by atoms with van der Waals surface area (Å²) in [7, 11) is 1.45. The molecule has 1 heterocycles. The van der Waals surface area contributed by atoms with Crippen LogP contribution in [0.5, 0.6) is 0 Å². The molecule has 5 aliphatic rings. The van der Waals surface area contributed by atoms with Crippen LogP contribution in [0.25, 0.3) is 0 Å². The maximum Gasteiger partial charge on any atom is 0.309 e. The van der Waals surface area contributed by atoms with E-state index in [0.717, 1.165) is 24.8 Å². The van der Waals surface area contributed by atoms with E-state index in [1.54, 1.807) is 0 Å². The molecule has 0 amide bonds. The molecule has 2 unspecified atom stereocenters. The maximum atomic E-state index is 13.2. The predicted octanol–water partition coefficient (Wildman–Crippen LogP) is 3.34. The van der Waals surface area contributed by atoms with Crippen molar-refractivity contribution < 1.29 is 34.0 Å². The first-order chi connectivity index (χ1) is 15.6. The van der Waals surface area contributed by atoms with E-state index >= 15 is 0 Å². The minimum atomic E-state index is -0.753. The molecule has 5 rings (SSSR count). The number of carboxylic acids is 1. The van der Waals surface area contributed by atoms with Crippen molar-refractivity contribution in [3.05, 3.63) is 11.6 Å². The zero-order valence-electron chi connectivity index (χ0n) is 20.2. The fourth-order valence-corrected chi connectivity index (χ4v) is 8.79. The van der Waals surface area contributed by atoms with Crippen molar-refractivity contribution in [2.24, 2.45) is 34.5 Å². The van der Waals surface area contributed by atoms with Crippen molar-refractivity contribution in [1.29, 1.82) is 0 Å². The number of hydrogen-bond donors (Lipinski definition) is 2. The number of aliphatic hydroxyl groups is 1. The SMILES string of the molecule is CCOC1C=C2C[C@@H](C(=O)OC)[C@H]3[C@@H]4CC[C@@H](CCC(=O)O)[C@@]4(C)C[C@H]4O[C@@]34[C@@]2(C)C(O)C1. The van der Waals surface area contributed by atoms with Gasteiger partial charge in [-0.15, -0.1) is 0 Å². The van der Waals surface area contributed by atoms with Crippen LogP contribution in [-0.2, 0) is 23.8 Å². The molecule has 1 aliphatic heterocycles. The molecule has 2 N–H and O–H groups in total. The van der Waals surface area contributed by atoms with Gasteiger partial charge in [-0.05, 0) is 56.3 Å². The lowest BCUT2D eigenvalue weighted by atomic mass is 9.43. The number of carbonyl (C=O) groups is 2. The molecular weight excluding hydrogens is 424 g/mol. The Hall–Kier alpha value is -1.44. The summed E-state index contributed by atoms with van der Waals surface area (Å²) in [5.74, 6) is -0.769. The Balaban J connectivity index is 1.56. The Bertz CT molecular complexity index is 869. The Kier molecular flexibility index (Phi) is 5.50. The third-order valence-electron chi connectivity index (χ3n) is 10.4. The average molecular weight is 463 g/mol. The molecule has 33 heavy (non-hydrogen) atoms. The summed E-state index contributed by atoms with van der Waals surface area (Å²) in [5, 5.41) is 20.8. The van der Waals surface area contributed by atoms with Crippen molar-refractivity contribution in [3.8, 4) is 0 Å². The molecule has 10 atom stereocenters. The first-order valence-electron chi connectivity index (χ1n) is 12.6. The number of aliphatic carboxylic acids is 1. The van der Waals surface area contributed by atoms with Gasteiger partial charge in [0.15, 0.2) is 0 Å². The molecule has 0 radical (unpaired) electrons. The summed E-state index contributed by atoms with van der Waals surface area (Å²) in [6.07, 6.45) is 6.07. The highest BCUT2D eigenvalue weighted by atomic mass is 16.6. The summed E-state index contributed by atoms with van der Waals surface area (Å²) >= 11 is 0. The highest BCUT2D eigenvalue weighted by Gasteiger charge is 2.82. The minimum absolute atomic E-state index is 0.0340. The summed E-state index contributed by atoms with van der Waals surface area (Å²) in [6, 6.07) is 0. The van der Waals surface area contributed by atoms with Gasteiger partial charge in [0.05, 0.1) is 31.3 Å². The van der Waals surface area contributed by atoms with Crippen molar-refractivity contribution in [2.45, 2.75) is 89.6 Å². The number of fused-ring (bicyclic) bond motifs is 3. The van der Waals surface area contributed by atoms with Gasteiger partial charge in [-0.25, -0.2) is 0 Å². The van der Waals surface area contributed by atoms with Crippen LogP contribution in [0.2, 0.25) is 0 Å². The lowest BCUT2D eigenvalue weighted by Crippen LogP contribution is -2.65. The molecule has 0 bridgehead atoms. The van der Waals surface area contributed by atoms with Crippen LogP contribution in [0.15, 0.2) is 11.6 Å². The van der Waals surface area contributed by atoms with Gasteiger partial charge in [0.25, 0.3) is 0 Å². The van der Waals surface area contributed by atoms with Crippen molar-refractivity contribution in [2.75, 3.05) is 13.7 Å². The molecule has 4 fully saturated rings. The fourth-order valence-electron chi connectivity index (χ4n) is 8.79. The van der Waals surface area contributed by atoms with Gasteiger partial charge in [-0.1, -0.05) is 25.5 Å². The highest BCUT2D eigenvalue weighted by molar-refractivity contribution is 5.74. The molecule has 7 nitrogen and oxygen atoms in total. The number of carboxylic acid groups (broad SMARTS) is 1. The predicted molar refractivity (Wildman–Crippen MR) is 119 cm³/mol. The van der Waals surface area contributed by atoms with Gasteiger partial charge in [-0.3, -0.25) is 9.59 Å². The average Bonchev–Trinajstić information content (AvgIpc) is 3.38. The second-order valence-electron chi connectivity index (χ2n) is 11.4. The molecule has 0 aromatic carbocycles. The van der Waals surface area contributed by atoms with Gasteiger partial charge in [-0.2, -0.15) is 0 Å². The third kappa shape index (κ3) is 3.04. The van der Waals surface area contributed by atoms with Crippen LogP contribution in [0.4, 0.5) is 0 Å². The Morgan fingerprint density at radius 2 is 2.03 bits per heavy atom. The lowest BCUT2D eigenvalue weighted by molar-refractivity contribution is -0.163. The van der Waals surface area contributed by atoms with Gasteiger partial charge >= 0.3 is 11.9 Å². The Labute approximate surface area is 195 Å². The molecule has 4 aliphatic carbocycles. The fraction of sp³-hybridized carbons (Fsp3) is 0.846. The van der Waals surface area contributed by atoms with Crippen molar-refractivity contribution >= 4 is 11.9 Å². The molecule has 1 spiro atoms. The first kappa shape index (κ1) is 23.3. The van der Waals surface area contributed by atoms with E-state index in [2.05, 4.69) is 19.9 Å². The van der Waals surface area contributed by atoms with E-state index in [1.165, 1.54) is 7.11 Å². The van der Waals surface area contributed by atoms with Crippen LogP contribution in [-0.4, -0.2) is 59.8 Å². The van der Waals surface area contributed by atoms with Gasteiger partial charge in [0, 0.05) is 30.8 Å². The van der Waals surface area contributed by atoms with Crippen molar-refractivity contribution in [3.63, 3.8) is 0 Å². The number of methoxy groups -OCH3 is 1. The number of ether oxygens (including phenoxy) is 3. The zero-order chi connectivity index (χ0) is 23.8. The quantitative estimate of drug-likeness (QED) is 0.354. The van der Waals surface area contributed by atoms with Crippen LogP contribution >= 0.6 is 0 Å². The summed E-state index contributed by atoms with van der Waals surface area (Å²) in [5.41, 5.74) is -0.126. The summed E-state index contributed by atoms with van der Waals surface area (Å²) < 4.78 is 17.8. The lowest BCUT2D eigenvalue weighted by Gasteiger charge is -2.59. The number of carbonyl (C=O) groups excluding carboxylic acids is 1. The monoisotopic (exact) mass is 462 g/mol. The maximum absolute atomic E-state index is 13.2. The van der Waals surface area contributed by atoms with Crippen LogP contribution < -0.4 is 0 Å². The van der Waals surface area contributed by atoms with E-state index in [1.807, 2.05) is 6.92 Å². The number of aliphatic hydroxyl groups excluding tert-OH is 1. The molecular formula is C26H38O7. The third-order valence-corrected chi connectivity index (χ3v) is 10.4. The van der Waals surface area contributed by atoms with Crippen LogP contribution in [0.3, 0.4) is 0 Å². The van der Waals surface area contributed by atoms with E-state index in [-0.39, 0.29) is 47.8 Å². The van der Waals surface area contributed by atoms with Gasteiger partial charge in [0.1, 0.15) is 5.60 Å². The normalized spacial score (nSPS) is 49.7. The molecule has 0 aromatic rings. The smallest absolute Gasteiger partial charge is 0.309 e. The molecule has 7 heteroatoms. The van der Waals surface area contributed by atoms with Gasteiger partial charge < -0.3 is 24.4 Å². The molecule has 3 saturated carbocycles. The Morgan fingerprint density at radius 3 is 2.70 bits per heavy atom. The summed E-state index contributed by atoms with van der Waals surface area (Å²) in [6.45, 7) is 6.94. The van der Waals surface area contributed by atoms with E-state index in [9.17, 15) is 19.8 Å². The zero-order valence-corrected chi connectivity index (χ0v) is 20.2. The standard InChI is InChI=1S/C26H38O7/c1-5-32-16-10-15-11-17(23(30)31-4)22-18-8-6-14(7-9-21(28)29)24(18,2)13-20-26(22,33-20)25(15,3)19(27)12-16/h10,14,16-20,22,27H,5-9,11-13H2,1-4H3,(H,28,29)/t14-,16?,17+,18-,19?,20+,22-,24+,25+,26+/m0/s1. The second-order valence-corrected chi connectivity index (χ2v) is 11.4. The van der Waals surface area contributed by atoms with Crippen molar-refractivity contribution in [1.82, 2.24) is 0 Å². The molecule has 1 saturated heterocycles. The number of rotatable bonds is 6. The van der Waals surface area contributed by atoms with Crippen LogP contribution in [0, 0.1) is 34.5 Å². The van der Waals surface area contributed by atoms with Crippen LogP contribution in [0.1, 0.15) is 65.7 Å². The number of esters is 1. The molecule has 184 valence electrons. The second kappa shape index (κ2) is 7.79.